The van der Waals surface area contributed by atoms with Gasteiger partial charge < -0.3 is 10.8 Å². The number of pyridine rings is 1. The summed E-state index contributed by atoms with van der Waals surface area (Å²) in [4.78, 5) is 14.7. The molecule has 0 aromatic carbocycles. The summed E-state index contributed by atoms with van der Waals surface area (Å²) in [6, 6.07) is 3.64. The van der Waals surface area contributed by atoms with Crippen LogP contribution in [-0.2, 0) is 4.79 Å². The lowest BCUT2D eigenvalue weighted by Gasteiger charge is -2.16. The van der Waals surface area contributed by atoms with Crippen molar-refractivity contribution in [1.82, 2.24) is 19.7 Å². The van der Waals surface area contributed by atoms with Gasteiger partial charge in [-0.15, -0.1) is 10.2 Å². The molecule has 0 fully saturated rings. The molecule has 2 aromatic heterocycles. The van der Waals surface area contributed by atoms with Crippen molar-refractivity contribution < 1.29 is 9.90 Å². The van der Waals surface area contributed by atoms with Gasteiger partial charge in [0.15, 0.2) is 5.16 Å². The number of rotatable bonds is 5. The zero-order valence-electron chi connectivity index (χ0n) is 10.2. The van der Waals surface area contributed by atoms with Crippen LogP contribution in [0.25, 0.3) is 0 Å². The third-order valence-electron chi connectivity index (χ3n) is 2.57. The Balaban J connectivity index is 2.28. The van der Waals surface area contributed by atoms with E-state index >= 15 is 0 Å². The molecule has 2 aromatic rings. The van der Waals surface area contributed by atoms with Gasteiger partial charge in [-0.05, 0) is 18.6 Å². The lowest BCUT2D eigenvalue weighted by Crippen LogP contribution is -2.12. The van der Waals surface area contributed by atoms with Gasteiger partial charge in [-0.25, -0.2) is 0 Å². The molecule has 0 radical (unpaired) electrons. The van der Waals surface area contributed by atoms with E-state index in [1.54, 1.807) is 17.0 Å². The van der Waals surface area contributed by atoms with Crippen molar-refractivity contribution in [3.8, 4) is 0 Å². The summed E-state index contributed by atoms with van der Waals surface area (Å²) in [6.07, 6.45) is 3.42. The highest BCUT2D eigenvalue weighted by Gasteiger charge is 2.18. The molecule has 2 heterocycles. The first kappa shape index (κ1) is 13.3. The number of nitrogens with two attached hydrogens (primary N) is 1. The molecule has 0 aliphatic carbocycles. The first-order valence-corrected chi connectivity index (χ1v) is 6.53. The van der Waals surface area contributed by atoms with E-state index in [0.717, 1.165) is 17.3 Å². The second kappa shape index (κ2) is 5.70. The largest absolute Gasteiger partial charge is 0.481 e. The van der Waals surface area contributed by atoms with E-state index in [4.69, 9.17) is 10.8 Å². The number of aliphatic carboxylic acids is 1. The summed E-state index contributed by atoms with van der Waals surface area (Å²) in [7, 11) is 0. The minimum Gasteiger partial charge on any atom is -0.481 e. The second-order valence-electron chi connectivity index (χ2n) is 3.86. The number of carboxylic acids is 1. The molecular weight excluding hydrogens is 266 g/mol. The zero-order valence-corrected chi connectivity index (χ0v) is 11.0. The number of nitrogen functional groups attached to an aromatic ring is 1. The van der Waals surface area contributed by atoms with Gasteiger partial charge in [0.2, 0.25) is 5.95 Å². The van der Waals surface area contributed by atoms with Crippen LogP contribution in [0.5, 0.6) is 0 Å². The van der Waals surface area contributed by atoms with Crippen molar-refractivity contribution in [3.63, 3.8) is 0 Å². The van der Waals surface area contributed by atoms with Crippen molar-refractivity contribution in [2.45, 2.75) is 18.1 Å². The highest BCUT2D eigenvalue weighted by molar-refractivity contribution is 7.99. The minimum absolute atomic E-state index is 0.0854. The summed E-state index contributed by atoms with van der Waals surface area (Å²) in [5, 5.41) is 16.9. The van der Waals surface area contributed by atoms with Crippen molar-refractivity contribution in [2.75, 3.05) is 11.5 Å². The first-order chi connectivity index (χ1) is 9.09. The standard InChI is InChI=1S/C11H13N5O2S/c1-7(8-3-2-4-13-5-8)16-10(12)14-15-11(16)19-6-9(17)18/h2-5,7H,6H2,1H3,(H2,12,14)(H,17,18). The molecule has 2 rings (SSSR count). The maximum Gasteiger partial charge on any atom is 0.313 e. The van der Waals surface area contributed by atoms with E-state index in [1.165, 1.54) is 0 Å². The minimum atomic E-state index is -0.910. The SMILES string of the molecule is CC(c1cccnc1)n1c(N)nnc1SCC(=O)O. The third kappa shape index (κ3) is 3.02. The predicted octanol–water partition coefficient (Wildman–Crippen LogP) is 1.04. The Hall–Kier alpha value is -2.09. The van der Waals surface area contributed by atoms with Crippen LogP contribution in [-0.4, -0.2) is 36.6 Å². The van der Waals surface area contributed by atoms with Crippen molar-refractivity contribution in [1.29, 1.82) is 0 Å². The van der Waals surface area contributed by atoms with Crippen LogP contribution in [0.4, 0.5) is 5.95 Å². The monoisotopic (exact) mass is 279 g/mol. The van der Waals surface area contributed by atoms with E-state index < -0.39 is 5.97 Å². The number of carboxylic acid groups (broad SMARTS) is 1. The van der Waals surface area contributed by atoms with Gasteiger partial charge in [0.1, 0.15) is 0 Å². The van der Waals surface area contributed by atoms with Gasteiger partial charge in [-0.3, -0.25) is 14.3 Å². The molecule has 0 saturated heterocycles. The van der Waals surface area contributed by atoms with Crippen molar-refractivity contribution in [2.24, 2.45) is 0 Å². The molecule has 7 nitrogen and oxygen atoms in total. The normalized spacial score (nSPS) is 12.3. The topological polar surface area (TPSA) is 107 Å². The zero-order chi connectivity index (χ0) is 13.8. The lowest BCUT2D eigenvalue weighted by atomic mass is 10.1. The van der Waals surface area contributed by atoms with Gasteiger partial charge in [0.05, 0.1) is 11.8 Å². The Morgan fingerprint density at radius 2 is 2.37 bits per heavy atom. The van der Waals surface area contributed by atoms with Gasteiger partial charge in [-0.2, -0.15) is 0 Å². The molecule has 0 aliphatic heterocycles. The fraction of sp³-hybridized carbons (Fsp3) is 0.273. The third-order valence-corrected chi connectivity index (χ3v) is 3.50. The van der Waals surface area contributed by atoms with Crippen LogP contribution in [0.1, 0.15) is 18.5 Å². The van der Waals surface area contributed by atoms with E-state index in [0.29, 0.717) is 5.16 Å². The summed E-state index contributed by atoms with van der Waals surface area (Å²) >= 11 is 1.09. The van der Waals surface area contributed by atoms with Crippen LogP contribution in [0.3, 0.4) is 0 Å². The molecule has 0 amide bonds. The smallest absolute Gasteiger partial charge is 0.313 e. The van der Waals surface area contributed by atoms with Crippen LogP contribution >= 0.6 is 11.8 Å². The number of anilines is 1. The molecule has 0 saturated carbocycles. The molecule has 1 unspecified atom stereocenters. The molecule has 19 heavy (non-hydrogen) atoms. The number of nitrogens with zero attached hydrogens (tertiary/aromatic N) is 4. The summed E-state index contributed by atoms with van der Waals surface area (Å²) in [6.45, 7) is 1.93. The molecule has 8 heteroatoms. The van der Waals surface area contributed by atoms with Crippen LogP contribution < -0.4 is 5.73 Å². The number of thioether (sulfide) groups is 1. The Bertz CT molecular complexity index is 572. The second-order valence-corrected chi connectivity index (χ2v) is 4.80. The molecule has 100 valence electrons. The lowest BCUT2D eigenvalue weighted by molar-refractivity contribution is -0.133. The van der Waals surface area contributed by atoms with Crippen LogP contribution in [0.15, 0.2) is 29.7 Å². The van der Waals surface area contributed by atoms with E-state index in [2.05, 4.69) is 15.2 Å². The molecule has 0 bridgehead atoms. The Kier molecular flexibility index (Phi) is 4.00. The van der Waals surface area contributed by atoms with E-state index in [9.17, 15) is 4.79 Å². The Morgan fingerprint density at radius 3 is 3.00 bits per heavy atom. The Labute approximate surface area is 113 Å². The van der Waals surface area contributed by atoms with Crippen LogP contribution in [0.2, 0.25) is 0 Å². The quantitative estimate of drug-likeness (QED) is 0.787. The van der Waals surface area contributed by atoms with Crippen molar-refractivity contribution in [3.05, 3.63) is 30.1 Å². The average Bonchev–Trinajstić information content (AvgIpc) is 2.78. The fourth-order valence-electron chi connectivity index (χ4n) is 1.65. The highest BCUT2D eigenvalue weighted by Crippen LogP contribution is 2.26. The number of hydrogen-bond donors (Lipinski definition) is 2. The summed E-state index contributed by atoms with van der Waals surface area (Å²) in [5.41, 5.74) is 6.74. The van der Waals surface area contributed by atoms with Gasteiger partial charge in [0, 0.05) is 12.4 Å². The molecule has 0 spiro atoms. The van der Waals surface area contributed by atoms with Gasteiger partial charge in [0.25, 0.3) is 0 Å². The maximum atomic E-state index is 10.6. The Morgan fingerprint density at radius 1 is 1.58 bits per heavy atom. The number of aromatic nitrogens is 4. The highest BCUT2D eigenvalue weighted by atomic mass is 32.2. The predicted molar refractivity (Wildman–Crippen MR) is 70.8 cm³/mol. The molecule has 1 atom stereocenters. The van der Waals surface area contributed by atoms with Crippen LogP contribution in [0, 0.1) is 0 Å². The maximum absolute atomic E-state index is 10.6. The van der Waals surface area contributed by atoms with Crippen molar-refractivity contribution >= 4 is 23.7 Å². The average molecular weight is 279 g/mol. The fourth-order valence-corrected chi connectivity index (χ4v) is 2.39. The van der Waals surface area contributed by atoms with Gasteiger partial charge in [-0.1, -0.05) is 17.8 Å². The molecular formula is C11H13N5O2S. The van der Waals surface area contributed by atoms with Gasteiger partial charge >= 0.3 is 5.97 Å². The summed E-state index contributed by atoms with van der Waals surface area (Å²) in [5.74, 6) is -0.742. The number of carbonyl (C=O) groups is 1. The molecule has 3 N–H and O–H groups in total. The first-order valence-electron chi connectivity index (χ1n) is 5.54. The van der Waals surface area contributed by atoms with E-state index in [1.807, 2.05) is 19.1 Å². The summed E-state index contributed by atoms with van der Waals surface area (Å²) < 4.78 is 1.70. The molecule has 0 aliphatic rings. The van der Waals surface area contributed by atoms with E-state index in [-0.39, 0.29) is 17.7 Å². The number of hydrogen-bond acceptors (Lipinski definition) is 6.